The average Bonchev–Trinajstić information content (AvgIpc) is 2.81. The molecular formula is C39H65NO5. The number of hydrogen-bond acceptors (Lipinski definition) is 6. The SMILES string of the molecule is CCCCC(Cc1c(C)cc(C(C)(C)C)c(O)c1C)(C(=O)OC1CC(C)(C)CC(C)(C)C1)C(=O)OC1CC(C)(C)NC(C)(C)C1. The lowest BCUT2D eigenvalue weighted by Gasteiger charge is -2.47. The second-order valence-corrected chi connectivity index (χ2v) is 18.6. The summed E-state index contributed by atoms with van der Waals surface area (Å²) in [6.07, 6.45) is 5.26. The molecule has 6 nitrogen and oxygen atoms in total. The first-order valence-corrected chi connectivity index (χ1v) is 17.4. The highest BCUT2D eigenvalue weighted by Crippen LogP contribution is 2.48. The molecule has 1 aliphatic heterocycles. The van der Waals surface area contributed by atoms with Gasteiger partial charge in [-0.25, -0.2) is 0 Å². The van der Waals surface area contributed by atoms with Gasteiger partial charge < -0.3 is 19.9 Å². The van der Waals surface area contributed by atoms with E-state index in [9.17, 15) is 14.7 Å². The van der Waals surface area contributed by atoms with E-state index in [1.54, 1.807) is 0 Å². The van der Waals surface area contributed by atoms with Crippen LogP contribution in [0.1, 0.15) is 157 Å². The molecule has 1 aromatic carbocycles. The van der Waals surface area contributed by atoms with Crippen molar-refractivity contribution in [3.63, 3.8) is 0 Å². The minimum Gasteiger partial charge on any atom is -0.507 e. The fourth-order valence-electron chi connectivity index (χ4n) is 8.83. The Kier molecular flexibility index (Phi) is 10.7. The van der Waals surface area contributed by atoms with Crippen LogP contribution in [0.4, 0.5) is 0 Å². The van der Waals surface area contributed by atoms with Crippen molar-refractivity contribution >= 4 is 11.9 Å². The largest absolute Gasteiger partial charge is 0.507 e. The number of hydrogen-bond donors (Lipinski definition) is 2. The number of benzene rings is 1. The molecule has 0 radical (unpaired) electrons. The van der Waals surface area contributed by atoms with Crippen LogP contribution in [0.5, 0.6) is 5.75 Å². The Hall–Kier alpha value is -2.08. The first-order valence-electron chi connectivity index (χ1n) is 17.4. The molecule has 2 fully saturated rings. The molecule has 0 spiro atoms. The third-order valence-corrected chi connectivity index (χ3v) is 10.1. The monoisotopic (exact) mass is 627 g/mol. The summed E-state index contributed by atoms with van der Waals surface area (Å²) < 4.78 is 12.9. The number of nitrogens with one attached hydrogen (secondary N) is 1. The summed E-state index contributed by atoms with van der Waals surface area (Å²) in [5.74, 6) is -0.746. The predicted octanol–water partition coefficient (Wildman–Crippen LogP) is 9.03. The lowest BCUT2D eigenvalue weighted by molar-refractivity contribution is -0.184. The maximum absolute atomic E-state index is 14.7. The van der Waals surface area contributed by atoms with Gasteiger partial charge in [-0.05, 0) is 112 Å². The Morgan fingerprint density at radius 1 is 0.867 bits per heavy atom. The first-order chi connectivity index (χ1) is 20.3. The number of esters is 2. The van der Waals surface area contributed by atoms with Crippen LogP contribution in [0.2, 0.25) is 0 Å². The molecule has 1 aromatic rings. The molecule has 6 heteroatoms. The fourth-order valence-corrected chi connectivity index (χ4v) is 8.83. The molecule has 2 aliphatic rings. The molecule has 0 bridgehead atoms. The topological polar surface area (TPSA) is 84.9 Å². The van der Waals surface area contributed by atoms with Gasteiger partial charge in [0.15, 0.2) is 5.41 Å². The van der Waals surface area contributed by atoms with E-state index < -0.39 is 17.4 Å². The van der Waals surface area contributed by atoms with E-state index in [-0.39, 0.29) is 51.7 Å². The van der Waals surface area contributed by atoms with E-state index in [1.165, 1.54) is 0 Å². The zero-order valence-corrected chi connectivity index (χ0v) is 31.2. The average molecular weight is 628 g/mol. The van der Waals surface area contributed by atoms with Crippen molar-refractivity contribution in [1.29, 1.82) is 0 Å². The van der Waals surface area contributed by atoms with Crippen molar-refractivity contribution in [3.8, 4) is 5.75 Å². The molecule has 1 atom stereocenters. The number of phenolic OH excluding ortho intramolecular Hbond substituents is 1. The van der Waals surface area contributed by atoms with Gasteiger partial charge in [-0.3, -0.25) is 9.59 Å². The molecule has 0 aromatic heterocycles. The number of aromatic hydroxyl groups is 1. The number of carbonyl (C=O) groups is 2. The van der Waals surface area contributed by atoms with E-state index in [4.69, 9.17) is 9.47 Å². The Morgan fingerprint density at radius 3 is 1.78 bits per heavy atom. The van der Waals surface area contributed by atoms with Crippen molar-refractivity contribution in [3.05, 3.63) is 28.3 Å². The summed E-state index contributed by atoms with van der Waals surface area (Å²) in [7, 11) is 0. The Labute approximate surface area is 274 Å². The predicted molar refractivity (Wildman–Crippen MR) is 184 cm³/mol. The van der Waals surface area contributed by atoms with Crippen LogP contribution in [0.25, 0.3) is 0 Å². The molecule has 2 N–H and O–H groups in total. The van der Waals surface area contributed by atoms with Gasteiger partial charge in [0.25, 0.3) is 0 Å². The van der Waals surface area contributed by atoms with Gasteiger partial charge in [-0.15, -0.1) is 0 Å². The Balaban J connectivity index is 2.13. The van der Waals surface area contributed by atoms with E-state index in [0.29, 0.717) is 31.2 Å². The van der Waals surface area contributed by atoms with Crippen molar-refractivity contribution in [2.75, 3.05) is 0 Å². The van der Waals surface area contributed by atoms with Crippen LogP contribution in [-0.2, 0) is 30.9 Å². The van der Waals surface area contributed by atoms with Gasteiger partial charge in [-0.1, -0.05) is 74.3 Å². The van der Waals surface area contributed by atoms with E-state index in [0.717, 1.165) is 42.4 Å². The number of ether oxygens (including phenoxy) is 2. The van der Waals surface area contributed by atoms with Gasteiger partial charge >= 0.3 is 11.9 Å². The highest BCUT2D eigenvalue weighted by atomic mass is 16.6. The maximum atomic E-state index is 14.7. The first kappa shape index (κ1) is 37.4. The minimum atomic E-state index is -1.52. The molecule has 1 saturated heterocycles. The van der Waals surface area contributed by atoms with Gasteiger partial charge in [0, 0.05) is 23.9 Å². The second-order valence-electron chi connectivity index (χ2n) is 18.6. The zero-order chi connectivity index (χ0) is 34.4. The van der Waals surface area contributed by atoms with Crippen LogP contribution < -0.4 is 5.32 Å². The Bertz CT molecular complexity index is 1160. The second kappa shape index (κ2) is 12.8. The summed E-state index contributed by atoms with van der Waals surface area (Å²) in [4.78, 5) is 29.5. The molecular weight excluding hydrogens is 562 g/mol. The minimum absolute atomic E-state index is 0.0211. The number of piperidine rings is 1. The maximum Gasteiger partial charge on any atom is 0.324 e. The number of phenols is 1. The smallest absolute Gasteiger partial charge is 0.324 e. The molecule has 3 rings (SSSR count). The fraction of sp³-hybridized carbons (Fsp3) is 0.795. The van der Waals surface area contributed by atoms with Crippen LogP contribution in [-0.4, -0.2) is 40.3 Å². The van der Waals surface area contributed by atoms with Crippen molar-refractivity contribution < 1.29 is 24.2 Å². The van der Waals surface area contributed by atoms with Gasteiger partial charge in [-0.2, -0.15) is 0 Å². The molecule has 1 saturated carbocycles. The van der Waals surface area contributed by atoms with Crippen LogP contribution in [0.15, 0.2) is 6.07 Å². The van der Waals surface area contributed by atoms with Crippen molar-refractivity contribution in [2.45, 2.75) is 183 Å². The van der Waals surface area contributed by atoms with Crippen molar-refractivity contribution in [2.24, 2.45) is 16.2 Å². The highest BCUT2D eigenvalue weighted by molar-refractivity contribution is 6.00. The quantitative estimate of drug-likeness (QED) is 0.210. The Morgan fingerprint density at radius 2 is 1.33 bits per heavy atom. The third-order valence-electron chi connectivity index (χ3n) is 10.1. The molecule has 1 heterocycles. The number of unbranched alkanes of at least 4 members (excludes halogenated alkanes) is 1. The summed E-state index contributed by atoms with van der Waals surface area (Å²) in [6.45, 7) is 29.7. The summed E-state index contributed by atoms with van der Waals surface area (Å²) in [5.41, 5.74) is 1.17. The normalized spacial score (nSPS) is 22.8. The zero-order valence-electron chi connectivity index (χ0n) is 31.2. The summed E-state index contributed by atoms with van der Waals surface area (Å²) >= 11 is 0. The van der Waals surface area contributed by atoms with Crippen LogP contribution in [0.3, 0.4) is 0 Å². The van der Waals surface area contributed by atoms with Crippen molar-refractivity contribution in [1.82, 2.24) is 5.32 Å². The molecule has 1 unspecified atom stereocenters. The van der Waals surface area contributed by atoms with Crippen LogP contribution >= 0.6 is 0 Å². The number of rotatable bonds is 9. The van der Waals surface area contributed by atoms with E-state index in [2.05, 4.69) is 88.4 Å². The third kappa shape index (κ3) is 9.05. The molecule has 1 aliphatic carbocycles. The van der Waals surface area contributed by atoms with Crippen LogP contribution in [0, 0.1) is 30.1 Å². The molecule has 45 heavy (non-hydrogen) atoms. The van der Waals surface area contributed by atoms with E-state index in [1.807, 2.05) is 19.9 Å². The highest BCUT2D eigenvalue weighted by Gasteiger charge is 2.52. The molecule has 0 amide bonds. The van der Waals surface area contributed by atoms with E-state index >= 15 is 0 Å². The lowest BCUT2D eigenvalue weighted by Crippen LogP contribution is -2.60. The van der Waals surface area contributed by atoms with Gasteiger partial charge in [0.05, 0.1) is 0 Å². The van der Waals surface area contributed by atoms with Gasteiger partial charge in [0.2, 0.25) is 0 Å². The number of carbonyl (C=O) groups excluding carboxylic acids is 2. The van der Waals surface area contributed by atoms with Gasteiger partial charge in [0.1, 0.15) is 18.0 Å². The summed E-state index contributed by atoms with van der Waals surface area (Å²) in [6, 6.07) is 2.02. The number of aryl methyl sites for hydroxylation is 1. The summed E-state index contributed by atoms with van der Waals surface area (Å²) in [5, 5.41) is 15.1. The standard InChI is InChI=1S/C39H65NO5/c1-15-16-17-39(32(42)44-27-19-35(7,8)24-36(9,10)20-27,33(43)45-28-21-37(11,12)40-38(13,14)22-28)23-29-25(2)18-30(34(4,5)6)31(41)26(29)3/h18,27-28,40-41H,15-17,19-24H2,1-14H3. The molecule has 256 valence electrons. The lowest BCUT2D eigenvalue weighted by atomic mass is 9.64.